The number of aryl methyl sites for hydroxylation is 1. The molecule has 0 heterocycles. The molecule has 1 atom stereocenters. The van der Waals surface area contributed by atoms with E-state index in [9.17, 15) is 5.11 Å². The maximum absolute atomic E-state index is 9.30. The first-order valence-corrected chi connectivity index (χ1v) is 4.70. The van der Waals surface area contributed by atoms with Gasteiger partial charge in [-0.15, -0.1) is 0 Å². The van der Waals surface area contributed by atoms with Crippen molar-refractivity contribution in [3.63, 3.8) is 0 Å². The molecule has 0 aliphatic rings. The molecule has 0 saturated carbocycles. The van der Waals surface area contributed by atoms with Gasteiger partial charge in [0.25, 0.3) is 0 Å². The van der Waals surface area contributed by atoms with Gasteiger partial charge in [0.2, 0.25) is 0 Å². The zero-order valence-electron chi connectivity index (χ0n) is 7.20. The summed E-state index contributed by atoms with van der Waals surface area (Å²) in [6, 6.07) is 8.20. The van der Waals surface area contributed by atoms with Crippen LogP contribution >= 0.6 is 12.6 Å². The highest BCUT2D eigenvalue weighted by Crippen LogP contribution is 2.06. The molecule has 1 rings (SSSR count). The maximum atomic E-state index is 9.30. The molecule has 12 heavy (non-hydrogen) atoms. The normalized spacial score (nSPS) is 12.9. The van der Waals surface area contributed by atoms with Crippen molar-refractivity contribution in [1.29, 1.82) is 0 Å². The predicted molar refractivity (Wildman–Crippen MR) is 54.7 cm³/mol. The molecule has 0 aliphatic carbocycles. The quantitative estimate of drug-likeness (QED) is 0.683. The van der Waals surface area contributed by atoms with E-state index < -0.39 is 0 Å². The van der Waals surface area contributed by atoms with E-state index in [0.29, 0.717) is 12.2 Å². The summed E-state index contributed by atoms with van der Waals surface area (Å²) in [7, 11) is 0. The molecule has 2 heteroatoms. The van der Waals surface area contributed by atoms with Crippen molar-refractivity contribution in [2.75, 3.05) is 5.75 Å². The lowest BCUT2D eigenvalue weighted by Crippen LogP contribution is -2.11. The third-order valence-corrected chi connectivity index (χ3v) is 2.22. The highest BCUT2D eigenvalue weighted by molar-refractivity contribution is 7.80. The molecule has 1 nitrogen and oxygen atoms in total. The predicted octanol–water partition coefficient (Wildman–Crippen LogP) is 1.83. The van der Waals surface area contributed by atoms with Crippen LogP contribution in [0.4, 0.5) is 0 Å². The Hall–Kier alpha value is -0.470. The number of aliphatic hydroxyl groups is 1. The van der Waals surface area contributed by atoms with Crippen LogP contribution in [0.5, 0.6) is 0 Å². The Morgan fingerprint density at radius 2 is 1.92 bits per heavy atom. The number of rotatable bonds is 3. The zero-order chi connectivity index (χ0) is 8.97. The Bertz CT molecular complexity index is 230. The van der Waals surface area contributed by atoms with Crippen LogP contribution in [0.25, 0.3) is 0 Å². The second-order valence-corrected chi connectivity index (χ2v) is 3.39. The number of thiol groups is 1. The third-order valence-electron chi connectivity index (χ3n) is 1.80. The van der Waals surface area contributed by atoms with Gasteiger partial charge in [-0.25, -0.2) is 0 Å². The first-order valence-electron chi connectivity index (χ1n) is 4.07. The van der Waals surface area contributed by atoms with Crippen molar-refractivity contribution >= 4 is 12.6 Å². The van der Waals surface area contributed by atoms with Gasteiger partial charge in [0.05, 0.1) is 6.10 Å². The van der Waals surface area contributed by atoms with Crippen LogP contribution in [0.1, 0.15) is 11.1 Å². The fourth-order valence-electron chi connectivity index (χ4n) is 1.06. The molecule has 0 aromatic heterocycles. The van der Waals surface area contributed by atoms with E-state index in [1.54, 1.807) is 0 Å². The van der Waals surface area contributed by atoms with E-state index in [1.165, 1.54) is 11.1 Å². The molecule has 1 N–H and O–H groups in total. The fourth-order valence-corrected chi connectivity index (χ4v) is 1.19. The SMILES string of the molecule is Cc1ccc(CC(O)CS)cc1. The highest BCUT2D eigenvalue weighted by Gasteiger charge is 2.01. The van der Waals surface area contributed by atoms with E-state index in [4.69, 9.17) is 0 Å². The van der Waals surface area contributed by atoms with Crippen molar-refractivity contribution in [2.24, 2.45) is 0 Å². The Balaban J connectivity index is 2.58. The van der Waals surface area contributed by atoms with Crippen LogP contribution in [0.2, 0.25) is 0 Å². The lowest BCUT2D eigenvalue weighted by molar-refractivity contribution is 0.200. The van der Waals surface area contributed by atoms with Crippen molar-refractivity contribution in [3.05, 3.63) is 35.4 Å². The molecule has 0 fully saturated rings. The second kappa shape index (κ2) is 4.53. The van der Waals surface area contributed by atoms with Gasteiger partial charge in [0.15, 0.2) is 0 Å². The molecular weight excluding hydrogens is 168 g/mol. The topological polar surface area (TPSA) is 20.2 Å². The Morgan fingerprint density at radius 3 is 2.42 bits per heavy atom. The summed E-state index contributed by atoms with van der Waals surface area (Å²) in [6.45, 7) is 2.05. The molecule has 0 radical (unpaired) electrons. The van der Waals surface area contributed by atoms with E-state index in [2.05, 4.69) is 31.7 Å². The Labute approximate surface area is 78.8 Å². The van der Waals surface area contributed by atoms with Gasteiger partial charge < -0.3 is 5.11 Å². The number of benzene rings is 1. The summed E-state index contributed by atoms with van der Waals surface area (Å²) >= 11 is 4.02. The minimum Gasteiger partial charge on any atom is -0.392 e. The van der Waals surface area contributed by atoms with Gasteiger partial charge in [-0.1, -0.05) is 29.8 Å². The smallest absolute Gasteiger partial charge is 0.0668 e. The van der Waals surface area contributed by atoms with E-state index in [-0.39, 0.29) is 6.10 Å². The van der Waals surface area contributed by atoms with Gasteiger partial charge in [0.1, 0.15) is 0 Å². The van der Waals surface area contributed by atoms with Crippen molar-refractivity contribution in [2.45, 2.75) is 19.4 Å². The molecule has 0 aliphatic heterocycles. The van der Waals surface area contributed by atoms with Gasteiger partial charge >= 0.3 is 0 Å². The minimum atomic E-state index is -0.323. The van der Waals surface area contributed by atoms with Crippen molar-refractivity contribution < 1.29 is 5.11 Å². The summed E-state index contributed by atoms with van der Waals surface area (Å²) in [5.41, 5.74) is 2.42. The molecule has 1 unspecified atom stereocenters. The van der Waals surface area contributed by atoms with E-state index >= 15 is 0 Å². The number of aliphatic hydroxyl groups excluding tert-OH is 1. The molecule has 1 aromatic carbocycles. The fraction of sp³-hybridized carbons (Fsp3) is 0.400. The molecule has 0 saturated heterocycles. The molecule has 1 aromatic rings. The van der Waals surface area contributed by atoms with Crippen LogP contribution in [0.15, 0.2) is 24.3 Å². The van der Waals surface area contributed by atoms with Crippen molar-refractivity contribution in [3.8, 4) is 0 Å². The molecule has 0 bridgehead atoms. The lowest BCUT2D eigenvalue weighted by atomic mass is 10.1. The van der Waals surface area contributed by atoms with Crippen LogP contribution in [-0.4, -0.2) is 17.0 Å². The van der Waals surface area contributed by atoms with Gasteiger partial charge in [-0.05, 0) is 18.9 Å². The number of hydrogen-bond donors (Lipinski definition) is 2. The second-order valence-electron chi connectivity index (χ2n) is 3.03. The lowest BCUT2D eigenvalue weighted by Gasteiger charge is -2.06. The van der Waals surface area contributed by atoms with Gasteiger partial charge in [-0.3, -0.25) is 0 Å². The summed E-state index contributed by atoms with van der Waals surface area (Å²) in [5.74, 6) is 0.522. The summed E-state index contributed by atoms with van der Waals surface area (Å²) < 4.78 is 0. The number of hydrogen-bond acceptors (Lipinski definition) is 2. The van der Waals surface area contributed by atoms with Crippen LogP contribution in [0, 0.1) is 6.92 Å². The Morgan fingerprint density at radius 1 is 1.33 bits per heavy atom. The van der Waals surface area contributed by atoms with Gasteiger partial charge in [-0.2, -0.15) is 12.6 Å². The van der Waals surface area contributed by atoms with Crippen LogP contribution in [0.3, 0.4) is 0 Å². The average molecular weight is 182 g/mol. The monoisotopic (exact) mass is 182 g/mol. The van der Waals surface area contributed by atoms with Crippen LogP contribution < -0.4 is 0 Å². The zero-order valence-corrected chi connectivity index (χ0v) is 8.09. The van der Waals surface area contributed by atoms with Crippen molar-refractivity contribution in [1.82, 2.24) is 0 Å². The molecule has 0 amide bonds. The summed E-state index contributed by atoms with van der Waals surface area (Å²) in [6.07, 6.45) is 0.375. The van der Waals surface area contributed by atoms with E-state index in [0.717, 1.165) is 0 Å². The van der Waals surface area contributed by atoms with E-state index in [1.807, 2.05) is 12.1 Å². The van der Waals surface area contributed by atoms with Gasteiger partial charge in [0, 0.05) is 5.75 Å². The highest BCUT2D eigenvalue weighted by atomic mass is 32.1. The Kier molecular flexibility index (Phi) is 3.63. The average Bonchev–Trinajstić information content (AvgIpc) is 2.09. The summed E-state index contributed by atoms with van der Waals surface area (Å²) in [5, 5.41) is 9.30. The first kappa shape index (κ1) is 9.62. The molecule has 66 valence electrons. The largest absolute Gasteiger partial charge is 0.392 e. The van der Waals surface area contributed by atoms with Crippen LogP contribution in [-0.2, 0) is 6.42 Å². The standard InChI is InChI=1S/C10H14OS/c1-8-2-4-9(5-3-8)6-10(11)7-12/h2-5,10-12H,6-7H2,1H3. The minimum absolute atomic E-state index is 0.323. The summed E-state index contributed by atoms with van der Waals surface area (Å²) in [4.78, 5) is 0. The first-order chi connectivity index (χ1) is 5.72. The molecular formula is C10H14OS. The third kappa shape index (κ3) is 2.88. The molecule has 0 spiro atoms. The maximum Gasteiger partial charge on any atom is 0.0668 e.